The molecule has 0 aliphatic rings. The zero-order chi connectivity index (χ0) is 20.5. The lowest BCUT2D eigenvalue weighted by Gasteiger charge is -2.27. The number of nitrogens with one attached hydrogen (secondary N) is 1. The second kappa shape index (κ2) is 9.31. The van der Waals surface area contributed by atoms with Gasteiger partial charge in [-0.1, -0.05) is 60.7 Å². The molecule has 6 heteroatoms. The molecule has 0 unspecified atom stereocenters. The van der Waals surface area contributed by atoms with Gasteiger partial charge in [0, 0.05) is 0 Å². The van der Waals surface area contributed by atoms with E-state index in [2.05, 4.69) is 10.5 Å². The topological polar surface area (TPSA) is 94.7 Å². The molecule has 0 aliphatic carbocycles. The molecule has 29 heavy (non-hydrogen) atoms. The molecule has 0 radical (unpaired) electrons. The standard InChI is InChI=1S/C23H19N3O3/c24-15-16-29-21-13-11-18(12-14-21)17-25-26-22(27)23(28,19-7-3-1-4-8-19)20-9-5-2-6-10-20/h1-14,17,28H,16H2,(H,26,27)/b25-17+. The van der Waals surface area contributed by atoms with E-state index in [4.69, 9.17) is 10.00 Å². The zero-order valence-electron chi connectivity index (χ0n) is 15.5. The fraction of sp³-hybridized carbons (Fsp3) is 0.0870. The number of amides is 1. The molecule has 6 nitrogen and oxygen atoms in total. The predicted molar refractivity (Wildman–Crippen MR) is 109 cm³/mol. The van der Waals surface area contributed by atoms with Gasteiger partial charge in [0.15, 0.2) is 12.2 Å². The van der Waals surface area contributed by atoms with E-state index in [1.807, 2.05) is 18.2 Å². The van der Waals surface area contributed by atoms with Gasteiger partial charge in [0.05, 0.1) is 6.21 Å². The van der Waals surface area contributed by atoms with Crippen molar-refractivity contribution < 1.29 is 14.6 Å². The lowest BCUT2D eigenvalue weighted by Crippen LogP contribution is -2.43. The van der Waals surface area contributed by atoms with Gasteiger partial charge in [-0.3, -0.25) is 4.79 Å². The number of nitriles is 1. The van der Waals surface area contributed by atoms with Crippen LogP contribution in [-0.2, 0) is 10.4 Å². The monoisotopic (exact) mass is 385 g/mol. The van der Waals surface area contributed by atoms with Crippen molar-refractivity contribution in [3.8, 4) is 11.8 Å². The van der Waals surface area contributed by atoms with Gasteiger partial charge < -0.3 is 9.84 Å². The first kappa shape index (κ1) is 19.8. The molecule has 0 saturated carbocycles. The Balaban J connectivity index is 1.77. The number of hydrogen-bond acceptors (Lipinski definition) is 5. The minimum Gasteiger partial charge on any atom is -0.479 e. The Morgan fingerprint density at radius 3 is 2.07 bits per heavy atom. The van der Waals surface area contributed by atoms with Gasteiger partial charge in [0.25, 0.3) is 5.91 Å². The number of rotatable bonds is 7. The van der Waals surface area contributed by atoms with Gasteiger partial charge in [-0.2, -0.15) is 10.4 Å². The van der Waals surface area contributed by atoms with Crippen LogP contribution in [0.4, 0.5) is 0 Å². The van der Waals surface area contributed by atoms with Crippen LogP contribution < -0.4 is 10.2 Å². The number of hydrogen-bond donors (Lipinski definition) is 2. The van der Waals surface area contributed by atoms with E-state index in [-0.39, 0.29) is 6.61 Å². The Morgan fingerprint density at radius 1 is 1.00 bits per heavy atom. The van der Waals surface area contributed by atoms with E-state index in [1.54, 1.807) is 72.8 Å². The number of carbonyl (C=O) groups excluding carboxylic acids is 1. The van der Waals surface area contributed by atoms with Crippen LogP contribution >= 0.6 is 0 Å². The largest absolute Gasteiger partial charge is 0.479 e. The highest BCUT2D eigenvalue weighted by atomic mass is 16.5. The van der Waals surface area contributed by atoms with Crippen LogP contribution in [-0.4, -0.2) is 23.8 Å². The molecule has 3 rings (SSSR count). The summed E-state index contributed by atoms with van der Waals surface area (Å²) in [6, 6.07) is 26.2. The normalized spacial score (nSPS) is 11.0. The molecule has 3 aromatic carbocycles. The van der Waals surface area contributed by atoms with Crippen LogP contribution in [0.25, 0.3) is 0 Å². The summed E-state index contributed by atoms with van der Waals surface area (Å²) in [6.45, 7) is -0.0267. The summed E-state index contributed by atoms with van der Waals surface area (Å²) in [4.78, 5) is 12.9. The minimum absolute atomic E-state index is 0.0267. The lowest BCUT2D eigenvalue weighted by atomic mass is 9.85. The molecule has 0 heterocycles. The first-order chi connectivity index (χ1) is 14.1. The fourth-order valence-corrected chi connectivity index (χ4v) is 2.80. The van der Waals surface area contributed by atoms with Crippen LogP contribution in [0.5, 0.6) is 5.75 Å². The Labute approximate surface area is 168 Å². The second-order valence-electron chi connectivity index (χ2n) is 6.16. The van der Waals surface area contributed by atoms with Crippen LogP contribution in [0.1, 0.15) is 16.7 Å². The van der Waals surface area contributed by atoms with E-state index < -0.39 is 11.5 Å². The maximum atomic E-state index is 12.9. The molecule has 0 fully saturated rings. The summed E-state index contributed by atoms with van der Waals surface area (Å²) in [5.74, 6) is -0.101. The maximum Gasteiger partial charge on any atom is 0.281 e. The molecule has 0 aromatic heterocycles. The summed E-state index contributed by atoms with van der Waals surface area (Å²) >= 11 is 0. The van der Waals surface area contributed by atoms with Gasteiger partial charge in [0.2, 0.25) is 0 Å². The highest BCUT2D eigenvalue weighted by molar-refractivity contribution is 5.91. The molecule has 144 valence electrons. The van der Waals surface area contributed by atoms with Crippen molar-refractivity contribution in [3.05, 3.63) is 102 Å². The summed E-state index contributed by atoms with van der Waals surface area (Å²) < 4.78 is 5.19. The van der Waals surface area contributed by atoms with Crippen molar-refractivity contribution in [2.45, 2.75) is 5.60 Å². The van der Waals surface area contributed by atoms with E-state index in [1.165, 1.54) is 6.21 Å². The first-order valence-corrected chi connectivity index (χ1v) is 8.91. The van der Waals surface area contributed by atoms with Crippen molar-refractivity contribution in [1.29, 1.82) is 5.26 Å². The molecule has 0 saturated heterocycles. The highest BCUT2D eigenvalue weighted by Crippen LogP contribution is 2.29. The molecular formula is C23H19N3O3. The lowest BCUT2D eigenvalue weighted by molar-refractivity contribution is -0.136. The summed E-state index contributed by atoms with van der Waals surface area (Å²) in [7, 11) is 0. The van der Waals surface area contributed by atoms with Crippen LogP contribution in [0.15, 0.2) is 90.0 Å². The zero-order valence-corrected chi connectivity index (χ0v) is 15.5. The third-order valence-corrected chi connectivity index (χ3v) is 4.27. The highest BCUT2D eigenvalue weighted by Gasteiger charge is 2.39. The molecule has 3 aromatic rings. The third kappa shape index (κ3) is 4.67. The van der Waals surface area contributed by atoms with E-state index in [0.29, 0.717) is 16.9 Å². The van der Waals surface area contributed by atoms with Gasteiger partial charge in [-0.15, -0.1) is 0 Å². The van der Waals surface area contributed by atoms with E-state index in [9.17, 15) is 9.90 Å². The predicted octanol–water partition coefficient (Wildman–Crippen LogP) is 2.98. The van der Waals surface area contributed by atoms with Crippen molar-refractivity contribution >= 4 is 12.1 Å². The number of carbonyl (C=O) groups is 1. The number of nitrogens with zero attached hydrogens (tertiary/aromatic N) is 2. The van der Waals surface area contributed by atoms with Crippen molar-refractivity contribution in [1.82, 2.24) is 5.43 Å². The van der Waals surface area contributed by atoms with Gasteiger partial charge in [-0.25, -0.2) is 5.43 Å². The molecule has 2 N–H and O–H groups in total. The van der Waals surface area contributed by atoms with Crippen molar-refractivity contribution in [2.75, 3.05) is 6.61 Å². The number of hydrazone groups is 1. The molecule has 0 bridgehead atoms. The Bertz CT molecular complexity index is 971. The average molecular weight is 385 g/mol. The second-order valence-corrected chi connectivity index (χ2v) is 6.16. The Kier molecular flexibility index (Phi) is 6.36. The minimum atomic E-state index is -1.88. The van der Waals surface area contributed by atoms with Gasteiger partial charge in [0.1, 0.15) is 11.8 Å². The van der Waals surface area contributed by atoms with Crippen molar-refractivity contribution in [2.24, 2.45) is 5.10 Å². The summed E-state index contributed by atoms with van der Waals surface area (Å²) in [5, 5.41) is 23.8. The maximum absolute atomic E-state index is 12.9. The molecule has 0 atom stereocenters. The molecular weight excluding hydrogens is 366 g/mol. The smallest absolute Gasteiger partial charge is 0.281 e. The summed E-state index contributed by atoms with van der Waals surface area (Å²) in [6.07, 6.45) is 1.46. The van der Waals surface area contributed by atoms with Crippen molar-refractivity contribution in [3.63, 3.8) is 0 Å². The Morgan fingerprint density at radius 2 is 1.55 bits per heavy atom. The number of ether oxygens (including phenoxy) is 1. The molecule has 1 amide bonds. The molecule has 0 spiro atoms. The number of aliphatic hydroxyl groups is 1. The third-order valence-electron chi connectivity index (χ3n) is 4.27. The van der Waals surface area contributed by atoms with E-state index in [0.717, 1.165) is 5.56 Å². The SMILES string of the molecule is N#CCOc1ccc(/C=N/NC(=O)C(O)(c2ccccc2)c2ccccc2)cc1. The summed E-state index contributed by atoms with van der Waals surface area (Å²) in [5.41, 5.74) is 2.15. The average Bonchev–Trinajstić information content (AvgIpc) is 2.79. The Hall–Kier alpha value is -3.95. The quantitative estimate of drug-likeness (QED) is 0.483. The first-order valence-electron chi connectivity index (χ1n) is 8.91. The molecule has 0 aliphatic heterocycles. The van der Waals surface area contributed by atoms with Crippen LogP contribution in [0.2, 0.25) is 0 Å². The van der Waals surface area contributed by atoms with Crippen LogP contribution in [0.3, 0.4) is 0 Å². The van der Waals surface area contributed by atoms with E-state index >= 15 is 0 Å². The van der Waals surface area contributed by atoms with Gasteiger partial charge in [-0.05, 0) is 41.0 Å². The van der Waals surface area contributed by atoms with Crippen LogP contribution in [0, 0.1) is 11.3 Å². The van der Waals surface area contributed by atoms with Gasteiger partial charge >= 0.3 is 0 Å². The number of benzene rings is 3. The fourth-order valence-electron chi connectivity index (χ4n) is 2.80.